The average Bonchev–Trinajstić information content (AvgIpc) is 2.51. The second-order valence-corrected chi connectivity index (χ2v) is 5.41. The Morgan fingerprint density at radius 3 is 2.48 bits per heavy atom. The van der Waals surface area contributed by atoms with Gasteiger partial charge in [0.25, 0.3) is 5.56 Å². The first kappa shape index (κ1) is 13.9. The van der Waals surface area contributed by atoms with Gasteiger partial charge in [0, 0.05) is 12.1 Å². The van der Waals surface area contributed by atoms with E-state index >= 15 is 0 Å². The van der Waals surface area contributed by atoms with Crippen molar-refractivity contribution in [2.24, 2.45) is 7.05 Å². The molecule has 1 atom stereocenters. The molecular weight excluding hydrogens is 286 g/mol. The van der Waals surface area contributed by atoms with Crippen molar-refractivity contribution in [3.63, 3.8) is 0 Å². The Morgan fingerprint density at radius 2 is 1.76 bits per heavy atom. The molecule has 106 valence electrons. The summed E-state index contributed by atoms with van der Waals surface area (Å²) in [4.78, 5) is 12.4. The Balaban J connectivity index is 2.18. The summed E-state index contributed by atoms with van der Waals surface area (Å²) in [7, 11) is 1.71. The van der Waals surface area contributed by atoms with E-state index in [1.165, 1.54) is 0 Å². The smallest absolute Gasteiger partial charge is 0.256 e. The number of para-hydroxylation sites is 1. The van der Waals surface area contributed by atoms with Gasteiger partial charge in [-0.3, -0.25) is 4.79 Å². The van der Waals surface area contributed by atoms with Gasteiger partial charge in [-0.1, -0.05) is 41.9 Å². The van der Waals surface area contributed by atoms with Crippen molar-refractivity contribution in [1.82, 2.24) is 4.57 Å². The Labute approximate surface area is 127 Å². The van der Waals surface area contributed by atoms with E-state index in [1.54, 1.807) is 41.9 Å². The topological polar surface area (TPSA) is 42.2 Å². The average molecular weight is 300 g/mol. The summed E-state index contributed by atoms with van der Waals surface area (Å²) in [6.07, 6.45) is -0.967. The first-order chi connectivity index (χ1) is 10.1. The molecule has 1 heterocycles. The molecule has 3 aromatic rings. The standard InChI is InChI=1S/C17H14ClNO2/c1-19-15-5-3-2-4-12(15)10-14(17(19)21)16(20)11-6-8-13(18)9-7-11/h2-10,16,20H,1H3/t16-/m0/s1. The molecule has 0 unspecified atom stereocenters. The van der Waals surface area contributed by atoms with Crippen LogP contribution in [0.3, 0.4) is 0 Å². The monoisotopic (exact) mass is 299 g/mol. The Kier molecular flexibility index (Phi) is 3.53. The molecule has 0 fully saturated rings. The molecule has 1 N–H and O–H groups in total. The highest BCUT2D eigenvalue weighted by molar-refractivity contribution is 6.30. The fourth-order valence-electron chi connectivity index (χ4n) is 2.47. The SMILES string of the molecule is Cn1c(=O)c([C@@H](O)c2ccc(Cl)cc2)cc2ccccc21. The predicted molar refractivity (Wildman–Crippen MR) is 84.7 cm³/mol. The number of hydrogen-bond acceptors (Lipinski definition) is 2. The van der Waals surface area contributed by atoms with Gasteiger partial charge in [0.1, 0.15) is 6.10 Å². The van der Waals surface area contributed by atoms with E-state index in [0.717, 1.165) is 10.9 Å². The van der Waals surface area contributed by atoms with Crippen molar-refractivity contribution < 1.29 is 5.11 Å². The van der Waals surface area contributed by atoms with Crippen LogP contribution >= 0.6 is 11.6 Å². The normalized spacial score (nSPS) is 12.5. The lowest BCUT2D eigenvalue weighted by molar-refractivity contribution is 0.218. The van der Waals surface area contributed by atoms with Crippen molar-refractivity contribution in [3.05, 3.63) is 81.1 Å². The van der Waals surface area contributed by atoms with Crippen LogP contribution in [0.2, 0.25) is 5.02 Å². The lowest BCUT2D eigenvalue weighted by Crippen LogP contribution is -2.23. The van der Waals surface area contributed by atoms with Gasteiger partial charge < -0.3 is 9.67 Å². The lowest BCUT2D eigenvalue weighted by Gasteiger charge is -2.14. The maximum Gasteiger partial charge on any atom is 0.256 e. The fourth-order valence-corrected chi connectivity index (χ4v) is 2.59. The van der Waals surface area contributed by atoms with Crippen molar-refractivity contribution >= 4 is 22.5 Å². The summed E-state index contributed by atoms with van der Waals surface area (Å²) in [6, 6.07) is 16.2. The Bertz CT molecular complexity index is 853. The summed E-state index contributed by atoms with van der Waals surface area (Å²) < 4.78 is 1.56. The van der Waals surface area contributed by atoms with E-state index in [0.29, 0.717) is 16.1 Å². The molecule has 0 aliphatic carbocycles. The zero-order chi connectivity index (χ0) is 15.0. The molecule has 4 heteroatoms. The maximum absolute atomic E-state index is 12.4. The lowest BCUT2D eigenvalue weighted by atomic mass is 10.0. The molecule has 0 radical (unpaired) electrons. The van der Waals surface area contributed by atoms with Crippen LogP contribution in [0.4, 0.5) is 0 Å². The van der Waals surface area contributed by atoms with Crippen molar-refractivity contribution in [1.29, 1.82) is 0 Å². The highest BCUT2D eigenvalue weighted by Gasteiger charge is 2.16. The van der Waals surface area contributed by atoms with Gasteiger partial charge in [-0.05, 0) is 35.2 Å². The highest BCUT2D eigenvalue weighted by atomic mass is 35.5. The zero-order valence-electron chi connectivity index (χ0n) is 11.5. The third-order valence-electron chi connectivity index (χ3n) is 3.64. The first-order valence-electron chi connectivity index (χ1n) is 6.60. The van der Waals surface area contributed by atoms with E-state index < -0.39 is 6.10 Å². The number of aliphatic hydroxyl groups is 1. The number of rotatable bonds is 2. The number of aliphatic hydroxyl groups excluding tert-OH is 1. The predicted octanol–water partition coefficient (Wildman–Crippen LogP) is 3.27. The maximum atomic E-state index is 12.4. The third kappa shape index (κ3) is 2.46. The third-order valence-corrected chi connectivity index (χ3v) is 3.89. The van der Waals surface area contributed by atoms with Crippen LogP contribution in [0.15, 0.2) is 59.4 Å². The molecule has 3 rings (SSSR count). The second-order valence-electron chi connectivity index (χ2n) is 4.98. The Morgan fingerprint density at radius 1 is 1.10 bits per heavy atom. The summed E-state index contributed by atoms with van der Waals surface area (Å²) in [5.41, 5.74) is 1.65. The second kappa shape index (κ2) is 5.35. The minimum Gasteiger partial charge on any atom is -0.383 e. The zero-order valence-corrected chi connectivity index (χ0v) is 12.2. The van der Waals surface area contributed by atoms with Gasteiger partial charge >= 0.3 is 0 Å². The van der Waals surface area contributed by atoms with Crippen LogP contribution in [-0.4, -0.2) is 9.67 Å². The molecule has 0 saturated carbocycles. The summed E-state index contributed by atoms with van der Waals surface area (Å²) in [5.74, 6) is 0. The number of aryl methyl sites for hydroxylation is 1. The number of aromatic nitrogens is 1. The van der Waals surface area contributed by atoms with Gasteiger partial charge in [0.2, 0.25) is 0 Å². The quantitative estimate of drug-likeness (QED) is 0.789. The van der Waals surface area contributed by atoms with E-state index in [1.807, 2.05) is 24.3 Å². The number of fused-ring (bicyclic) bond motifs is 1. The number of hydrogen-bond donors (Lipinski definition) is 1. The van der Waals surface area contributed by atoms with Crippen LogP contribution in [0.25, 0.3) is 10.9 Å². The highest BCUT2D eigenvalue weighted by Crippen LogP contribution is 2.23. The molecule has 3 nitrogen and oxygen atoms in total. The van der Waals surface area contributed by atoms with Crippen molar-refractivity contribution in [2.45, 2.75) is 6.10 Å². The van der Waals surface area contributed by atoms with Crippen molar-refractivity contribution in [3.8, 4) is 0 Å². The Hall–Kier alpha value is -2.10. The van der Waals surface area contributed by atoms with Gasteiger partial charge in [0.15, 0.2) is 0 Å². The summed E-state index contributed by atoms with van der Waals surface area (Å²) in [6.45, 7) is 0. The first-order valence-corrected chi connectivity index (χ1v) is 6.98. The van der Waals surface area contributed by atoms with Gasteiger partial charge in [-0.15, -0.1) is 0 Å². The number of pyridine rings is 1. The van der Waals surface area contributed by atoms with Crippen LogP contribution in [0.1, 0.15) is 17.2 Å². The minimum absolute atomic E-state index is 0.198. The van der Waals surface area contributed by atoms with Crippen LogP contribution < -0.4 is 5.56 Å². The van der Waals surface area contributed by atoms with E-state index in [9.17, 15) is 9.90 Å². The number of nitrogens with zero attached hydrogens (tertiary/aromatic N) is 1. The molecule has 0 bridgehead atoms. The molecular formula is C17H14ClNO2. The van der Waals surface area contributed by atoms with Crippen molar-refractivity contribution in [2.75, 3.05) is 0 Å². The molecule has 0 spiro atoms. The van der Waals surface area contributed by atoms with E-state index in [-0.39, 0.29) is 5.56 Å². The molecule has 21 heavy (non-hydrogen) atoms. The van der Waals surface area contributed by atoms with E-state index in [4.69, 9.17) is 11.6 Å². The summed E-state index contributed by atoms with van der Waals surface area (Å²) >= 11 is 5.85. The van der Waals surface area contributed by atoms with Gasteiger partial charge in [-0.2, -0.15) is 0 Å². The number of benzene rings is 2. The molecule has 1 aromatic heterocycles. The molecule has 0 aliphatic rings. The van der Waals surface area contributed by atoms with Crippen LogP contribution in [-0.2, 0) is 7.05 Å². The van der Waals surface area contributed by atoms with Crippen LogP contribution in [0.5, 0.6) is 0 Å². The van der Waals surface area contributed by atoms with Crippen LogP contribution in [0, 0.1) is 0 Å². The molecule has 0 saturated heterocycles. The van der Waals surface area contributed by atoms with Gasteiger partial charge in [-0.25, -0.2) is 0 Å². The molecule has 0 aliphatic heterocycles. The molecule has 2 aromatic carbocycles. The largest absolute Gasteiger partial charge is 0.383 e. The minimum atomic E-state index is -0.967. The van der Waals surface area contributed by atoms with E-state index in [2.05, 4.69) is 0 Å². The summed E-state index contributed by atoms with van der Waals surface area (Å²) in [5, 5.41) is 12.0. The number of halogens is 1. The van der Waals surface area contributed by atoms with Gasteiger partial charge in [0.05, 0.1) is 11.1 Å². The molecule has 0 amide bonds. The fraction of sp³-hybridized carbons (Fsp3) is 0.118.